The molecule has 3 aromatic carbocycles. The lowest BCUT2D eigenvalue weighted by Gasteiger charge is -2.37. The molecule has 1 aromatic heterocycles. The number of hydrogen-bond donors (Lipinski definition) is 2. The molecule has 1 saturated heterocycles. The van der Waals surface area contributed by atoms with Crippen molar-refractivity contribution < 1.29 is 14.6 Å². The van der Waals surface area contributed by atoms with Gasteiger partial charge in [-0.3, -0.25) is 4.90 Å². The van der Waals surface area contributed by atoms with Gasteiger partial charge in [0.2, 0.25) is 0 Å². The van der Waals surface area contributed by atoms with Gasteiger partial charge < -0.3 is 19.7 Å². The Morgan fingerprint density at radius 1 is 0.923 bits per heavy atom. The van der Waals surface area contributed by atoms with Crippen LogP contribution in [-0.4, -0.2) is 53.7 Å². The number of carbonyl (C=O) groups is 1. The zero-order valence-electron chi connectivity index (χ0n) is 21.8. The minimum atomic E-state index is -0.999. The van der Waals surface area contributed by atoms with E-state index in [0.717, 1.165) is 67.2 Å². The van der Waals surface area contributed by atoms with E-state index < -0.39 is 5.97 Å². The molecule has 39 heavy (non-hydrogen) atoms. The topological polar surface area (TPSA) is 68.8 Å². The van der Waals surface area contributed by atoms with Crippen molar-refractivity contribution in [3.8, 4) is 11.5 Å². The number of hydrogen-bond acceptors (Lipinski definition) is 4. The number of piperazine rings is 1. The first-order chi connectivity index (χ1) is 19.0. The van der Waals surface area contributed by atoms with E-state index in [2.05, 4.69) is 26.9 Å². The number of H-pyrrole nitrogens is 1. The Hall–Kier alpha value is -3.74. The third kappa shape index (κ3) is 5.68. The number of carboxylic acids is 1. The second-order valence-electron chi connectivity index (χ2n) is 10.4. The molecule has 2 N–H and O–H groups in total. The molecule has 0 atom stereocenters. The summed E-state index contributed by atoms with van der Waals surface area (Å²) in [5.74, 6) is -0.0255. The number of carboxylic acid groups (broad SMARTS) is 1. The fraction of sp³-hybridized carbons (Fsp3) is 0.281. The summed E-state index contributed by atoms with van der Waals surface area (Å²) in [5.41, 5.74) is 6.50. The van der Waals surface area contributed by atoms with Crippen molar-refractivity contribution in [3.63, 3.8) is 0 Å². The molecule has 0 bridgehead atoms. The second kappa shape index (κ2) is 11.2. The normalized spacial score (nSPS) is 16.6. The van der Waals surface area contributed by atoms with Gasteiger partial charge in [-0.2, -0.15) is 0 Å². The highest BCUT2D eigenvalue weighted by atomic mass is 35.5. The van der Waals surface area contributed by atoms with Gasteiger partial charge >= 0.3 is 5.97 Å². The molecular formula is C32H32ClN3O3. The molecule has 7 heteroatoms. The highest BCUT2D eigenvalue weighted by molar-refractivity contribution is 6.30. The summed E-state index contributed by atoms with van der Waals surface area (Å²) in [6, 6.07) is 21.4. The molecule has 0 amide bonds. The van der Waals surface area contributed by atoms with Gasteiger partial charge in [0.05, 0.1) is 0 Å². The van der Waals surface area contributed by atoms with E-state index in [1.54, 1.807) is 11.6 Å². The number of aromatic amines is 1. The minimum Gasteiger partial charge on any atom is -0.478 e. The van der Waals surface area contributed by atoms with Crippen LogP contribution in [0.3, 0.4) is 0 Å². The molecule has 0 spiro atoms. The van der Waals surface area contributed by atoms with Crippen LogP contribution < -0.4 is 9.64 Å². The number of nitrogens with zero attached hydrogens (tertiary/aromatic N) is 2. The number of allylic oxidation sites excluding steroid dienone is 1. The number of fused-ring (bicyclic) bond motifs is 1. The van der Waals surface area contributed by atoms with Gasteiger partial charge in [0.15, 0.2) is 0 Å². The summed E-state index contributed by atoms with van der Waals surface area (Å²) < 4.78 is 6.12. The molecule has 2 heterocycles. The average Bonchev–Trinajstić information content (AvgIpc) is 3.42. The summed E-state index contributed by atoms with van der Waals surface area (Å²) in [6.07, 6.45) is 6.66. The zero-order valence-corrected chi connectivity index (χ0v) is 22.6. The third-order valence-electron chi connectivity index (χ3n) is 7.87. The van der Waals surface area contributed by atoms with Gasteiger partial charge in [-0.15, -0.1) is 0 Å². The maximum Gasteiger partial charge on any atom is 0.339 e. The predicted molar refractivity (Wildman–Crippen MR) is 157 cm³/mol. The van der Waals surface area contributed by atoms with E-state index in [1.165, 1.54) is 24.0 Å². The summed E-state index contributed by atoms with van der Waals surface area (Å²) in [6.45, 7) is 4.67. The van der Waals surface area contributed by atoms with Crippen molar-refractivity contribution in [2.75, 3.05) is 37.6 Å². The van der Waals surface area contributed by atoms with E-state index in [0.29, 0.717) is 11.5 Å². The zero-order chi connectivity index (χ0) is 26.8. The van der Waals surface area contributed by atoms with Crippen molar-refractivity contribution in [1.29, 1.82) is 0 Å². The molecule has 200 valence electrons. The van der Waals surface area contributed by atoms with Gasteiger partial charge in [-0.1, -0.05) is 29.3 Å². The first kappa shape index (κ1) is 25.5. The number of halogens is 1. The quantitative estimate of drug-likeness (QED) is 0.254. The van der Waals surface area contributed by atoms with E-state index >= 15 is 0 Å². The van der Waals surface area contributed by atoms with Crippen LogP contribution in [0.1, 0.15) is 41.6 Å². The Morgan fingerprint density at radius 3 is 2.51 bits per heavy atom. The Labute approximate surface area is 233 Å². The third-order valence-corrected chi connectivity index (χ3v) is 8.13. The van der Waals surface area contributed by atoms with Crippen LogP contribution >= 0.6 is 11.6 Å². The highest BCUT2D eigenvalue weighted by Gasteiger charge is 2.23. The smallest absolute Gasteiger partial charge is 0.339 e. The van der Waals surface area contributed by atoms with E-state index in [4.69, 9.17) is 16.3 Å². The minimum absolute atomic E-state index is 0.158. The number of nitrogens with one attached hydrogen (secondary N) is 1. The molecule has 1 aliphatic carbocycles. The molecular weight excluding hydrogens is 510 g/mol. The molecule has 2 aliphatic rings. The fourth-order valence-electron chi connectivity index (χ4n) is 5.77. The molecule has 0 saturated carbocycles. The molecule has 1 fully saturated rings. The predicted octanol–water partition coefficient (Wildman–Crippen LogP) is 7.46. The molecule has 4 aromatic rings. The van der Waals surface area contributed by atoms with Crippen molar-refractivity contribution >= 4 is 39.7 Å². The van der Waals surface area contributed by atoms with Gasteiger partial charge in [0.25, 0.3) is 0 Å². The summed E-state index contributed by atoms with van der Waals surface area (Å²) in [7, 11) is 0. The Bertz CT molecular complexity index is 1520. The van der Waals surface area contributed by atoms with Crippen LogP contribution in [0.5, 0.6) is 11.5 Å². The molecule has 0 radical (unpaired) electrons. The van der Waals surface area contributed by atoms with Crippen LogP contribution in [0.4, 0.5) is 5.69 Å². The Kier molecular flexibility index (Phi) is 7.31. The molecule has 0 unspecified atom stereocenters. The number of ether oxygens (including phenoxy) is 1. The number of benzene rings is 3. The van der Waals surface area contributed by atoms with Crippen molar-refractivity contribution in [2.24, 2.45) is 0 Å². The van der Waals surface area contributed by atoms with Crippen molar-refractivity contribution in [2.45, 2.75) is 25.7 Å². The number of aromatic nitrogens is 1. The van der Waals surface area contributed by atoms with Crippen LogP contribution in [0, 0.1) is 0 Å². The van der Waals surface area contributed by atoms with Gasteiger partial charge in [0.1, 0.15) is 17.1 Å². The number of rotatable bonds is 7. The van der Waals surface area contributed by atoms with E-state index in [1.807, 2.05) is 54.7 Å². The van der Waals surface area contributed by atoms with Crippen LogP contribution in [0.2, 0.25) is 5.02 Å². The van der Waals surface area contributed by atoms with Gasteiger partial charge in [0, 0.05) is 66.6 Å². The van der Waals surface area contributed by atoms with Gasteiger partial charge in [-0.05, 0) is 85.4 Å². The summed E-state index contributed by atoms with van der Waals surface area (Å²) in [5, 5.41) is 11.6. The lowest BCUT2D eigenvalue weighted by Crippen LogP contribution is -2.47. The van der Waals surface area contributed by atoms with Crippen molar-refractivity contribution in [1.82, 2.24) is 9.88 Å². The molecule has 6 nitrogen and oxygen atoms in total. The van der Waals surface area contributed by atoms with Crippen LogP contribution in [0.15, 0.2) is 78.5 Å². The van der Waals surface area contributed by atoms with E-state index in [9.17, 15) is 9.90 Å². The lowest BCUT2D eigenvalue weighted by molar-refractivity contribution is 0.0694. The first-order valence-corrected chi connectivity index (χ1v) is 14.0. The Morgan fingerprint density at radius 2 is 1.72 bits per heavy atom. The van der Waals surface area contributed by atoms with Crippen LogP contribution in [0.25, 0.3) is 16.5 Å². The second-order valence-corrected chi connectivity index (χ2v) is 10.8. The van der Waals surface area contributed by atoms with E-state index in [-0.39, 0.29) is 5.56 Å². The lowest BCUT2D eigenvalue weighted by atomic mass is 9.87. The Balaban J connectivity index is 1.16. The van der Waals surface area contributed by atoms with Crippen LogP contribution in [-0.2, 0) is 0 Å². The summed E-state index contributed by atoms with van der Waals surface area (Å²) >= 11 is 6.13. The largest absolute Gasteiger partial charge is 0.478 e. The molecule has 1 aliphatic heterocycles. The monoisotopic (exact) mass is 541 g/mol. The van der Waals surface area contributed by atoms with Crippen molar-refractivity contribution in [3.05, 3.63) is 94.6 Å². The first-order valence-electron chi connectivity index (χ1n) is 13.6. The fourth-order valence-corrected chi connectivity index (χ4v) is 5.89. The summed E-state index contributed by atoms with van der Waals surface area (Å²) in [4.78, 5) is 20.0. The molecule has 6 rings (SSSR count). The maximum absolute atomic E-state index is 11.9. The maximum atomic E-state index is 11.9. The highest BCUT2D eigenvalue weighted by Crippen LogP contribution is 2.35. The average molecular weight is 542 g/mol. The van der Waals surface area contributed by atoms with Gasteiger partial charge in [-0.25, -0.2) is 4.79 Å². The number of anilines is 1. The standard InChI is InChI=1S/C32H32ClN3O3/c33-25-7-5-22(6-8-25)28-4-2-1-3-24(28)21-35-15-17-36(18-16-35)26-9-11-29(32(37)38)31(20-26)39-27-10-12-30-23(19-27)13-14-34-30/h5-14,19-20,34H,1-4,15-18,21H2,(H,37,38). The SMILES string of the molecule is O=C(O)c1ccc(N2CCN(CC3=C(c4ccc(Cl)cc4)CCCC3)CC2)cc1Oc1ccc2[nH]ccc2c1. The number of aromatic carboxylic acids is 1.